The molecule has 0 aromatic rings. The van der Waals surface area contributed by atoms with E-state index in [0.29, 0.717) is 0 Å². The third-order valence-electron chi connectivity index (χ3n) is 0.158. The Balaban J connectivity index is -0.0000000133. The van der Waals surface area contributed by atoms with Gasteiger partial charge in [0, 0.05) is 0 Å². The average molecular weight is 655 g/mol. The van der Waals surface area contributed by atoms with Crippen LogP contribution in [0.5, 0.6) is 0 Å². The van der Waals surface area contributed by atoms with Gasteiger partial charge in [0.2, 0.25) is 0 Å². The van der Waals surface area contributed by atoms with Crippen LogP contribution in [0, 0.1) is 0 Å². The van der Waals surface area contributed by atoms with Crippen molar-refractivity contribution in [2.24, 2.45) is 0 Å². The Morgan fingerprint density at radius 2 is 1.56 bits per heavy atom. The Labute approximate surface area is 124 Å². The molecule has 0 aliphatic carbocycles. The van der Waals surface area contributed by atoms with Crippen LogP contribution in [-0.4, -0.2) is 52.7 Å². The zero-order valence-electron chi connectivity index (χ0n) is 4.24. The van der Waals surface area contributed by atoms with E-state index in [-0.39, 0.29) is 63.4 Å². The summed E-state index contributed by atoms with van der Waals surface area (Å²) in [4.78, 5) is 0. The predicted molar refractivity (Wildman–Crippen MR) is 27.0 cm³/mol. The molecule has 0 N–H and O–H groups in total. The van der Waals surface area contributed by atoms with Crippen molar-refractivity contribution < 1.29 is 63.4 Å². The van der Waals surface area contributed by atoms with Crippen molar-refractivity contribution in [1.82, 2.24) is 0 Å². The summed E-state index contributed by atoms with van der Waals surface area (Å²) in [5.41, 5.74) is 0. The normalized spacial score (nSPS) is 5.00. The first-order valence-corrected chi connectivity index (χ1v) is 5.12. The van der Waals surface area contributed by atoms with Crippen LogP contribution in [0.3, 0.4) is 0 Å². The van der Waals surface area contributed by atoms with Crippen LogP contribution in [0.15, 0.2) is 9.86 Å². The molecule has 0 aliphatic heterocycles. The molecule has 9 heavy (non-hydrogen) atoms. The summed E-state index contributed by atoms with van der Waals surface area (Å²) < 4.78 is 5.09. The van der Waals surface area contributed by atoms with Crippen molar-refractivity contribution in [3.63, 3.8) is 0 Å². The van der Waals surface area contributed by atoms with Crippen LogP contribution in [-0.2, 0) is 26.2 Å². The van der Waals surface area contributed by atoms with Gasteiger partial charge in [-0.1, -0.05) is 0 Å². The number of rotatable bonds is 1. The van der Waals surface area contributed by atoms with Crippen molar-refractivity contribution in [1.29, 1.82) is 0 Å². The average Bonchev–Trinajstić information content (AvgIpc) is 1.41. The monoisotopic (exact) mass is 652 g/mol. The topological polar surface area (TPSA) is 0 Å². The second kappa shape index (κ2) is 30.4. The maximum atomic E-state index is 2.98. The summed E-state index contributed by atoms with van der Waals surface area (Å²) in [5.74, 6) is 0. The molecule has 0 bridgehead atoms. The fourth-order valence-corrected chi connectivity index (χ4v) is 2.87. The van der Waals surface area contributed by atoms with Crippen LogP contribution < -0.4 is 37.2 Å². The Morgan fingerprint density at radius 3 is 1.56 bits per heavy atom. The van der Waals surface area contributed by atoms with E-state index in [2.05, 4.69) is 7.49 Å². The van der Waals surface area contributed by atoms with Gasteiger partial charge in [0.1, 0.15) is 0 Å². The molecule has 0 nitrogen and oxygen atoms in total. The molecule has 6 heteroatoms. The third kappa shape index (κ3) is 35.3. The fourth-order valence-electron chi connectivity index (χ4n) is 0.0373. The van der Waals surface area contributed by atoms with E-state index in [4.69, 9.17) is 0 Å². The fraction of sp³-hybridized carbons (Fsp3) is 0. The second-order valence-corrected chi connectivity index (χ2v) is 2.76. The summed E-state index contributed by atoms with van der Waals surface area (Å²) in [6.07, 6.45) is 1.99. The molecule has 0 fully saturated rings. The van der Waals surface area contributed by atoms with Crippen molar-refractivity contribution in [2.45, 2.75) is 0 Å². The van der Waals surface area contributed by atoms with Crippen LogP contribution in [0.4, 0.5) is 0 Å². The summed E-state index contributed by atoms with van der Waals surface area (Å²) >= 11 is 2.42. The molecule has 0 heterocycles. The molecular weight excluding hydrogens is 652 g/mol. The van der Waals surface area contributed by atoms with Crippen molar-refractivity contribution in [3.05, 3.63) is 9.86 Å². The van der Waals surface area contributed by atoms with Crippen LogP contribution >= 0.6 is 0 Å². The van der Waals surface area contributed by atoms with Gasteiger partial charge >= 0.3 is 88.7 Å². The maximum Gasteiger partial charge on any atom is 4.00 e. The standard InChI is InChI=1S/C3H2.2Bi.3ClH.Zr.H/c1-3-2;;;;;;;/h1,3H;;;3*1H;;/q-1;;;;;;+4;/p-3. The van der Waals surface area contributed by atoms with E-state index in [9.17, 15) is 0 Å². The molecule has 0 spiro atoms. The van der Waals surface area contributed by atoms with Gasteiger partial charge < -0.3 is 37.2 Å². The molecule has 0 saturated carbocycles. The van der Waals surface area contributed by atoms with Crippen molar-refractivity contribution >= 4 is 52.7 Å². The Kier molecular flexibility index (Phi) is 99.8. The van der Waals surface area contributed by atoms with E-state index in [1.165, 1.54) is 49.0 Å². The van der Waals surface area contributed by atoms with Crippen LogP contribution in [0.2, 0.25) is 0 Å². The minimum absolute atomic E-state index is 0. The molecular formula is C3H3Bi2Cl3Zr. The second-order valence-electron chi connectivity index (χ2n) is 0.462. The van der Waals surface area contributed by atoms with Gasteiger partial charge in [-0.3, -0.25) is 0 Å². The zero-order chi connectivity index (χ0) is 4.12. The van der Waals surface area contributed by atoms with Crippen LogP contribution in [0.1, 0.15) is 0 Å². The van der Waals surface area contributed by atoms with Crippen molar-refractivity contribution in [2.75, 3.05) is 0 Å². The number of hydrogen-bond donors (Lipinski definition) is 0. The molecule has 0 saturated heterocycles. The van der Waals surface area contributed by atoms with E-state index in [1.54, 1.807) is 0 Å². The Hall–Kier alpha value is 3.13. The minimum Gasteiger partial charge on any atom is -1.00 e. The Bertz CT molecular complexity index is 59.0. The summed E-state index contributed by atoms with van der Waals surface area (Å²) in [6.45, 7) is 0. The predicted octanol–water partition coefficient (Wildman–Crippen LogP) is -9.74. The minimum atomic E-state index is 0. The summed E-state index contributed by atoms with van der Waals surface area (Å²) in [5, 5.41) is 0. The van der Waals surface area contributed by atoms with Gasteiger partial charge in [0.25, 0.3) is 0 Å². The first-order chi connectivity index (χ1) is 2.41. The number of hydrogen-bond acceptors (Lipinski definition) is 0. The van der Waals surface area contributed by atoms with E-state index in [1.807, 2.05) is 6.08 Å². The number of allylic oxidation sites excluding steroid dienone is 1. The van der Waals surface area contributed by atoms with Gasteiger partial charge in [0.15, 0.2) is 0 Å². The first-order valence-electron chi connectivity index (χ1n) is 1.13. The maximum absolute atomic E-state index is 2.98. The smallest absolute Gasteiger partial charge is 1.00 e. The molecule has 0 aromatic heterocycles. The molecule has 50 valence electrons. The Morgan fingerprint density at radius 1 is 1.22 bits per heavy atom. The molecule has 2 radical (unpaired) electrons. The largest absolute Gasteiger partial charge is 4.00 e. The SMILES string of the molecule is [Bi]=[C-]C=[CH][BiH].[Cl-].[Cl-].[Cl-].[Zr+4]. The van der Waals surface area contributed by atoms with Gasteiger partial charge in [-0.25, -0.2) is 0 Å². The molecule has 0 aliphatic rings. The quantitative estimate of drug-likeness (QED) is 0.195. The molecule has 0 atom stereocenters. The van der Waals surface area contributed by atoms with E-state index in [0.717, 1.165) is 0 Å². The third-order valence-corrected chi connectivity index (χ3v) is 1.39. The summed E-state index contributed by atoms with van der Waals surface area (Å²) in [6, 6.07) is 0. The number of halogens is 3. The molecule has 0 aromatic carbocycles. The zero-order valence-corrected chi connectivity index (χ0v) is 16.3. The van der Waals surface area contributed by atoms with Gasteiger partial charge in [0.05, 0.1) is 0 Å². The summed E-state index contributed by atoms with van der Waals surface area (Å²) in [7, 11) is 0. The first kappa shape index (κ1) is 29.6. The molecule has 0 rings (SSSR count). The van der Waals surface area contributed by atoms with Gasteiger partial charge in [-0.2, -0.15) is 0 Å². The molecule has 0 unspecified atom stereocenters. The van der Waals surface area contributed by atoms with Gasteiger partial charge in [-0.15, -0.1) is 0 Å². The van der Waals surface area contributed by atoms with Crippen LogP contribution in [0.25, 0.3) is 0 Å². The molecule has 0 amide bonds. The van der Waals surface area contributed by atoms with Gasteiger partial charge in [-0.05, 0) is 0 Å². The van der Waals surface area contributed by atoms with E-state index >= 15 is 0 Å². The van der Waals surface area contributed by atoms with Crippen molar-refractivity contribution in [3.8, 4) is 0 Å². The van der Waals surface area contributed by atoms with E-state index < -0.39 is 0 Å².